The van der Waals surface area contributed by atoms with Gasteiger partial charge in [0.25, 0.3) is 0 Å². The first-order valence-electron chi connectivity index (χ1n) is 4.65. The molecular weight excluding hydrogens is 174 g/mol. The van der Waals surface area contributed by atoms with E-state index in [0.717, 1.165) is 0 Å². The van der Waals surface area contributed by atoms with E-state index < -0.39 is 0 Å². The monoisotopic (exact) mass is 193 g/mol. The van der Waals surface area contributed by atoms with E-state index in [1.54, 1.807) is 14.1 Å². The average Bonchev–Trinajstić information content (AvgIpc) is 2.11. The van der Waals surface area contributed by atoms with Crippen LogP contribution in [-0.4, -0.2) is 24.9 Å². The lowest BCUT2D eigenvalue weighted by Crippen LogP contribution is -2.17. The number of hydrogen-bond acceptors (Lipinski definition) is 1. The van der Waals surface area contributed by atoms with Crippen molar-refractivity contribution in [2.45, 2.75) is 20.8 Å². The van der Waals surface area contributed by atoms with Gasteiger partial charge < -0.3 is 4.90 Å². The van der Waals surface area contributed by atoms with Crippen LogP contribution in [0, 0.1) is 13.8 Å². The molecule has 14 heavy (non-hydrogen) atoms. The topological polar surface area (TPSA) is 20.3 Å². The maximum absolute atomic E-state index is 10.1. The van der Waals surface area contributed by atoms with Crippen LogP contribution in [0.15, 0.2) is 24.3 Å². The first kappa shape index (κ1) is 12.7. The largest absolute Gasteiger partial charge is 0.349 e. The van der Waals surface area contributed by atoms with Gasteiger partial charge in [0.15, 0.2) is 0 Å². The Bertz CT molecular complexity index is 271. The Balaban J connectivity index is 0.000000255. The summed E-state index contributed by atoms with van der Waals surface area (Å²) in [7, 11) is 3.45. The van der Waals surface area contributed by atoms with Gasteiger partial charge in [0.05, 0.1) is 0 Å². The molecule has 0 saturated heterocycles. The fraction of sp³-hybridized carbons (Fsp3) is 0.417. The number of carbonyl (C=O) groups excluding carboxylic acids is 1. The zero-order valence-corrected chi connectivity index (χ0v) is 9.66. The minimum Gasteiger partial charge on any atom is -0.349 e. The molecule has 1 aromatic carbocycles. The minimum absolute atomic E-state index is 0.0926. The highest BCUT2D eigenvalue weighted by molar-refractivity contribution is 5.72. The third-order valence-corrected chi connectivity index (χ3v) is 2.06. The maximum Gasteiger partial charge on any atom is 0.218 e. The summed E-state index contributed by atoms with van der Waals surface area (Å²) in [6.07, 6.45) is 0. The number of carbonyl (C=O) groups is 1. The summed E-state index contributed by atoms with van der Waals surface area (Å²) < 4.78 is 0. The third-order valence-electron chi connectivity index (χ3n) is 2.06. The van der Waals surface area contributed by atoms with E-state index in [0.29, 0.717) is 0 Å². The van der Waals surface area contributed by atoms with Crippen LogP contribution in [0.1, 0.15) is 18.1 Å². The molecule has 0 N–H and O–H groups in total. The van der Waals surface area contributed by atoms with Crippen molar-refractivity contribution in [3.63, 3.8) is 0 Å². The van der Waals surface area contributed by atoms with Crippen molar-refractivity contribution in [1.82, 2.24) is 4.90 Å². The Labute approximate surface area is 86.5 Å². The average molecular weight is 193 g/mol. The number of benzene rings is 1. The van der Waals surface area contributed by atoms with Gasteiger partial charge in [-0.1, -0.05) is 24.3 Å². The second-order valence-corrected chi connectivity index (χ2v) is 3.50. The van der Waals surface area contributed by atoms with Crippen molar-refractivity contribution in [1.29, 1.82) is 0 Å². The molecule has 1 aromatic rings. The number of aryl methyl sites for hydroxylation is 2. The number of nitrogens with zero attached hydrogens (tertiary/aromatic N) is 1. The first-order chi connectivity index (χ1) is 6.45. The Hall–Kier alpha value is -1.31. The van der Waals surface area contributed by atoms with Gasteiger partial charge in [0.2, 0.25) is 5.91 Å². The molecule has 2 heteroatoms. The molecule has 2 nitrogen and oxygen atoms in total. The van der Waals surface area contributed by atoms with Crippen molar-refractivity contribution in [3.8, 4) is 0 Å². The zero-order chi connectivity index (χ0) is 11.1. The Morgan fingerprint density at radius 1 is 1.07 bits per heavy atom. The first-order valence-corrected chi connectivity index (χ1v) is 4.65. The smallest absolute Gasteiger partial charge is 0.218 e. The summed E-state index contributed by atoms with van der Waals surface area (Å²) in [6.45, 7) is 5.77. The predicted molar refractivity (Wildman–Crippen MR) is 60.3 cm³/mol. The lowest BCUT2D eigenvalue weighted by Gasteiger charge is -2.02. The molecule has 0 heterocycles. The molecule has 0 bridgehead atoms. The third kappa shape index (κ3) is 5.36. The van der Waals surface area contributed by atoms with Crippen LogP contribution < -0.4 is 0 Å². The van der Waals surface area contributed by atoms with Crippen LogP contribution in [0.2, 0.25) is 0 Å². The summed E-state index contributed by atoms with van der Waals surface area (Å²) in [4.78, 5) is 11.6. The molecule has 0 saturated carbocycles. The Morgan fingerprint density at radius 2 is 1.36 bits per heavy atom. The molecule has 1 rings (SSSR count). The highest BCUT2D eigenvalue weighted by Gasteiger charge is 1.87. The normalized spacial score (nSPS) is 8.64. The fourth-order valence-electron chi connectivity index (χ4n) is 0.663. The number of amides is 1. The van der Waals surface area contributed by atoms with E-state index in [4.69, 9.17) is 0 Å². The predicted octanol–water partition coefficient (Wildman–Crippen LogP) is 2.40. The number of rotatable bonds is 0. The maximum atomic E-state index is 10.1. The molecule has 1 amide bonds. The van der Waals surface area contributed by atoms with E-state index in [1.165, 1.54) is 23.0 Å². The highest BCUT2D eigenvalue weighted by Crippen LogP contribution is 2.02. The molecule has 0 fully saturated rings. The van der Waals surface area contributed by atoms with E-state index in [1.807, 2.05) is 0 Å². The quantitative estimate of drug-likeness (QED) is 0.619. The molecule has 0 aliphatic carbocycles. The molecule has 0 aromatic heterocycles. The van der Waals surface area contributed by atoms with Gasteiger partial charge >= 0.3 is 0 Å². The van der Waals surface area contributed by atoms with Crippen LogP contribution >= 0.6 is 0 Å². The summed E-state index contributed by atoms with van der Waals surface area (Å²) in [5, 5.41) is 0. The van der Waals surface area contributed by atoms with Crippen LogP contribution in [0.4, 0.5) is 0 Å². The SMILES string of the molecule is CC(=O)N(C)C.Cc1ccccc1C. The van der Waals surface area contributed by atoms with Gasteiger partial charge in [-0.25, -0.2) is 0 Å². The van der Waals surface area contributed by atoms with Gasteiger partial charge in [-0.15, -0.1) is 0 Å². The van der Waals surface area contributed by atoms with Crippen LogP contribution in [0.5, 0.6) is 0 Å². The van der Waals surface area contributed by atoms with Crippen molar-refractivity contribution in [2.75, 3.05) is 14.1 Å². The van der Waals surface area contributed by atoms with Gasteiger partial charge in [-0.2, -0.15) is 0 Å². The van der Waals surface area contributed by atoms with Gasteiger partial charge in [0.1, 0.15) is 0 Å². The van der Waals surface area contributed by atoms with Crippen LogP contribution in [-0.2, 0) is 4.79 Å². The Morgan fingerprint density at radius 3 is 1.50 bits per heavy atom. The van der Waals surface area contributed by atoms with Crippen LogP contribution in [0.3, 0.4) is 0 Å². The second kappa shape index (κ2) is 6.19. The molecule has 0 aliphatic rings. The lowest BCUT2D eigenvalue weighted by atomic mass is 10.1. The fourth-order valence-corrected chi connectivity index (χ4v) is 0.663. The molecular formula is C12H19NO. The van der Waals surface area contributed by atoms with Gasteiger partial charge in [-0.05, 0) is 25.0 Å². The van der Waals surface area contributed by atoms with E-state index in [2.05, 4.69) is 38.1 Å². The molecule has 0 radical (unpaired) electrons. The number of hydrogen-bond donors (Lipinski definition) is 0. The van der Waals surface area contributed by atoms with E-state index in [-0.39, 0.29) is 5.91 Å². The zero-order valence-electron chi connectivity index (χ0n) is 9.66. The Kier molecular flexibility index (Phi) is 5.61. The summed E-state index contributed by atoms with van der Waals surface area (Å²) in [5.41, 5.74) is 2.74. The molecule has 0 spiro atoms. The highest BCUT2D eigenvalue weighted by atomic mass is 16.2. The van der Waals surface area contributed by atoms with E-state index >= 15 is 0 Å². The van der Waals surface area contributed by atoms with Crippen molar-refractivity contribution in [2.24, 2.45) is 0 Å². The van der Waals surface area contributed by atoms with Crippen molar-refractivity contribution in [3.05, 3.63) is 35.4 Å². The van der Waals surface area contributed by atoms with Crippen molar-refractivity contribution < 1.29 is 4.79 Å². The molecule has 78 valence electrons. The van der Waals surface area contributed by atoms with Crippen LogP contribution in [0.25, 0.3) is 0 Å². The summed E-state index contributed by atoms with van der Waals surface area (Å²) in [5.74, 6) is 0.0926. The van der Waals surface area contributed by atoms with Gasteiger partial charge in [-0.3, -0.25) is 4.79 Å². The molecule has 0 aliphatic heterocycles. The molecule has 0 atom stereocenters. The lowest BCUT2D eigenvalue weighted by molar-refractivity contribution is -0.126. The molecule has 0 unspecified atom stereocenters. The second-order valence-electron chi connectivity index (χ2n) is 3.50. The standard InChI is InChI=1S/C8H10.C4H9NO/c1-7-5-3-4-6-8(7)2;1-4(6)5(2)3/h3-6H,1-2H3;1-3H3. The van der Waals surface area contributed by atoms with E-state index in [9.17, 15) is 4.79 Å². The minimum atomic E-state index is 0.0926. The summed E-state index contributed by atoms with van der Waals surface area (Å²) in [6, 6.07) is 8.36. The van der Waals surface area contributed by atoms with Gasteiger partial charge in [0, 0.05) is 21.0 Å². The van der Waals surface area contributed by atoms with Crippen molar-refractivity contribution >= 4 is 5.91 Å². The summed E-state index contributed by atoms with van der Waals surface area (Å²) >= 11 is 0.